The summed E-state index contributed by atoms with van der Waals surface area (Å²) in [6.45, 7) is 14.1. The van der Waals surface area contributed by atoms with Gasteiger partial charge in [-0.05, 0) is 5.41 Å². The molecule has 0 aromatic carbocycles. The lowest BCUT2D eigenvalue weighted by Gasteiger charge is -2.27. The van der Waals surface area contributed by atoms with Gasteiger partial charge in [0.25, 0.3) is 0 Å². The Bertz CT molecular complexity index is 148. The van der Waals surface area contributed by atoms with Crippen LogP contribution in [0.4, 0.5) is 0 Å². The quantitative estimate of drug-likeness (QED) is 0.684. The van der Waals surface area contributed by atoms with Crippen molar-refractivity contribution in [2.24, 2.45) is 5.41 Å². The van der Waals surface area contributed by atoms with Crippen molar-refractivity contribution in [3.8, 4) is 0 Å². The normalized spacial score (nSPS) is 19.9. The van der Waals surface area contributed by atoms with Crippen molar-refractivity contribution < 1.29 is 4.74 Å². The second-order valence-electron chi connectivity index (χ2n) is 5.19. The van der Waals surface area contributed by atoms with Crippen molar-refractivity contribution in [2.45, 2.75) is 20.8 Å². The lowest BCUT2D eigenvalue weighted by atomic mass is 9.97. The summed E-state index contributed by atoms with van der Waals surface area (Å²) < 4.78 is 5.30. The average molecular weight is 200 g/mol. The van der Waals surface area contributed by atoms with E-state index in [1.54, 1.807) is 0 Å². The molecule has 0 aliphatic carbocycles. The van der Waals surface area contributed by atoms with E-state index in [1.165, 1.54) is 0 Å². The first-order valence-electron chi connectivity index (χ1n) is 5.59. The summed E-state index contributed by atoms with van der Waals surface area (Å²) in [7, 11) is 0. The molecule has 0 aromatic heterocycles. The monoisotopic (exact) mass is 200 g/mol. The van der Waals surface area contributed by atoms with Gasteiger partial charge in [-0.15, -0.1) is 0 Å². The first kappa shape index (κ1) is 12.0. The van der Waals surface area contributed by atoms with Crippen LogP contribution in [-0.2, 0) is 4.74 Å². The Hall–Kier alpha value is -0.120. The van der Waals surface area contributed by atoms with Crippen LogP contribution in [0.15, 0.2) is 0 Å². The Morgan fingerprint density at radius 3 is 2.43 bits per heavy atom. The zero-order valence-electron chi connectivity index (χ0n) is 9.81. The predicted octanol–water partition coefficient (Wildman–Crippen LogP) is 0.954. The minimum Gasteiger partial charge on any atom is -0.379 e. The standard InChI is InChI=1S/C11H24N2O/c1-11(2,3)10-12-4-5-13-6-8-14-9-7-13/h12H,4-10H2,1-3H3. The van der Waals surface area contributed by atoms with Gasteiger partial charge in [-0.1, -0.05) is 20.8 Å². The van der Waals surface area contributed by atoms with Crippen LogP contribution < -0.4 is 5.32 Å². The third kappa shape index (κ3) is 5.58. The molecule has 0 saturated carbocycles. The Labute approximate surface area is 87.8 Å². The van der Waals surface area contributed by atoms with Crippen LogP contribution in [0.3, 0.4) is 0 Å². The van der Waals surface area contributed by atoms with E-state index in [-0.39, 0.29) is 0 Å². The highest BCUT2D eigenvalue weighted by Gasteiger charge is 2.11. The van der Waals surface area contributed by atoms with Crippen LogP contribution in [0.1, 0.15) is 20.8 Å². The fourth-order valence-electron chi connectivity index (χ4n) is 1.53. The zero-order valence-corrected chi connectivity index (χ0v) is 9.81. The molecular weight excluding hydrogens is 176 g/mol. The van der Waals surface area contributed by atoms with Crippen molar-refractivity contribution in [3.05, 3.63) is 0 Å². The van der Waals surface area contributed by atoms with Crippen molar-refractivity contribution >= 4 is 0 Å². The van der Waals surface area contributed by atoms with E-state index in [9.17, 15) is 0 Å². The SMILES string of the molecule is CC(C)(C)CNCCN1CCOCC1. The number of rotatable bonds is 4. The maximum atomic E-state index is 5.30. The van der Waals surface area contributed by atoms with Crippen molar-refractivity contribution in [3.63, 3.8) is 0 Å². The summed E-state index contributed by atoms with van der Waals surface area (Å²) in [5.74, 6) is 0. The maximum Gasteiger partial charge on any atom is 0.0594 e. The molecule has 3 nitrogen and oxygen atoms in total. The molecule has 1 saturated heterocycles. The third-order valence-corrected chi connectivity index (χ3v) is 2.36. The van der Waals surface area contributed by atoms with E-state index < -0.39 is 0 Å². The zero-order chi connectivity index (χ0) is 10.4. The highest BCUT2D eigenvalue weighted by Crippen LogP contribution is 2.09. The summed E-state index contributed by atoms with van der Waals surface area (Å²) >= 11 is 0. The van der Waals surface area contributed by atoms with Crippen LogP contribution in [0, 0.1) is 5.41 Å². The van der Waals surface area contributed by atoms with Crippen LogP contribution in [-0.4, -0.2) is 50.8 Å². The fraction of sp³-hybridized carbons (Fsp3) is 1.00. The van der Waals surface area contributed by atoms with Crippen molar-refractivity contribution in [2.75, 3.05) is 45.9 Å². The predicted molar refractivity (Wildman–Crippen MR) is 59.6 cm³/mol. The lowest BCUT2D eigenvalue weighted by molar-refractivity contribution is 0.0382. The topological polar surface area (TPSA) is 24.5 Å². The molecule has 3 heteroatoms. The molecule has 0 aromatic rings. The number of nitrogens with one attached hydrogen (secondary N) is 1. The first-order valence-corrected chi connectivity index (χ1v) is 5.59. The molecule has 14 heavy (non-hydrogen) atoms. The molecule has 1 aliphatic heterocycles. The molecule has 0 atom stereocenters. The molecule has 0 unspecified atom stereocenters. The largest absolute Gasteiger partial charge is 0.379 e. The van der Waals surface area contributed by atoms with Crippen LogP contribution >= 0.6 is 0 Å². The van der Waals surface area contributed by atoms with Gasteiger partial charge in [0.2, 0.25) is 0 Å². The molecule has 84 valence electrons. The summed E-state index contributed by atoms with van der Waals surface area (Å²) in [6.07, 6.45) is 0. The van der Waals surface area contributed by atoms with Crippen LogP contribution in [0.5, 0.6) is 0 Å². The van der Waals surface area contributed by atoms with Gasteiger partial charge in [0.05, 0.1) is 13.2 Å². The summed E-state index contributed by atoms with van der Waals surface area (Å²) in [6, 6.07) is 0. The molecule has 0 spiro atoms. The molecule has 0 amide bonds. The molecule has 1 heterocycles. The Morgan fingerprint density at radius 2 is 1.86 bits per heavy atom. The first-order chi connectivity index (χ1) is 6.58. The van der Waals surface area contributed by atoms with E-state index >= 15 is 0 Å². The summed E-state index contributed by atoms with van der Waals surface area (Å²) in [5, 5.41) is 3.49. The van der Waals surface area contributed by atoms with Gasteiger partial charge < -0.3 is 10.1 Å². The van der Waals surface area contributed by atoms with E-state index in [4.69, 9.17) is 4.74 Å². The van der Waals surface area contributed by atoms with Gasteiger partial charge in [0.15, 0.2) is 0 Å². The minimum absolute atomic E-state index is 0.394. The van der Waals surface area contributed by atoms with E-state index in [0.717, 1.165) is 45.9 Å². The van der Waals surface area contributed by atoms with E-state index in [2.05, 4.69) is 31.0 Å². The summed E-state index contributed by atoms with van der Waals surface area (Å²) in [5.41, 5.74) is 0.394. The van der Waals surface area contributed by atoms with Gasteiger partial charge in [-0.25, -0.2) is 0 Å². The fourth-order valence-corrected chi connectivity index (χ4v) is 1.53. The Kier molecular flexibility index (Phi) is 4.85. The summed E-state index contributed by atoms with van der Waals surface area (Å²) in [4.78, 5) is 2.46. The maximum absolute atomic E-state index is 5.30. The smallest absolute Gasteiger partial charge is 0.0594 e. The molecule has 0 bridgehead atoms. The minimum atomic E-state index is 0.394. The lowest BCUT2D eigenvalue weighted by Crippen LogP contribution is -2.41. The van der Waals surface area contributed by atoms with Crippen LogP contribution in [0.2, 0.25) is 0 Å². The van der Waals surface area contributed by atoms with Gasteiger partial charge >= 0.3 is 0 Å². The average Bonchev–Trinajstić information content (AvgIpc) is 2.13. The number of hydrogen-bond acceptors (Lipinski definition) is 3. The number of nitrogens with zero attached hydrogens (tertiary/aromatic N) is 1. The Morgan fingerprint density at radius 1 is 1.21 bits per heavy atom. The Balaban J connectivity index is 1.97. The highest BCUT2D eigenvalue weighted by atomic mass is 16.5. The molecule has 1 N–H and O–H groups in total. The van der Waals surface area contributed by atoms with Crippen LogP contribution in [0.25, 0.3) is 0 Å². The second kappa shape index (κ2) is 5.69. The van der Waals surface area contributed by atoms with Crippen molar-refractivity contribution in [1.29, 1.82) is 0 Å². The molecule has 1 rings (SSSR count). The third-order valence-electron chi connectivity index (χ3n) is 2.36. The number of hydrogen-bond donors (Lipinski definition) is 1. The van der Waals surface area contributed by atoms with E-state index in [0.29, 0.717) is 5.41 Å². The highest BCUT2D eigenvalue weighted by molar-refractivity contribution is 4.67. The molecule has 1 aliphatic rings. The molecule has 0 radical (unpaired) electrons. The molecule has 1 fully saturated rings. The molecular formula is C11H24N2O. The van der Waals surface area contributed by atoms with E-state index in [1.807, 2.05) is 0 Å². The van der Waals surface area contributed by atoms with Gasteiger partial charge in [0, 0.05) is 32.7 Å². The number of ether oxygens (including phenoxy) is 1. The van der Waals surface area contributed by atoms with Gasteiger partial charge in [-0.3, -0.25) is 4.90 Å². The van der Waals surface area contributed by atoms with Gasteiger partial charge in [0.1, 0.15) is 0 Å². The second-order valence-corrected chi connectivity index (χ2v) is 5.19. The van der Waals surface area contributed by atoms with Gasteiger partial charge in [-0.2, -0.15) is 0 Å². The van der Waals surface area contributed by atoms with Crippen molar-refractivity contribution in [1.82, 2.24) is 10.2 Å². The number of morpholine rings is 1.